The number of halogens is 1. The molecule has 0 saturated heterocycles. The molecule has 7 heteroatoms. The molecule has 0 unspecified atom stereocenters. The van der Waals surface area contributed by atoms with Crippen LogP contribution in [0.1, 0.15) is 38.4 Å². The highest BCUT2D eigenvalue weighted by molar-refractivity contribution is 6.30. The third-order valence-corrected chi connectivity index (χ3v) is 6.03. The number of allylic oxidation sites excluding steroid dienone is 1. The Kier molecular flexibility index (Phi) is 8.08. The van der Waals surface area contributed by atoms with Crippen molar-refractivity contribution in [2.24, 2.45) is 0 Å². The van der Waals surface area contributed by atoms with E-state index < -0.39 is 5.97 Å². The van der Waals surface area contributed by atoms with Crippen molar-refractivity contribution in [2.75, 3.05) is 0 Å². The fourth-order valence-electron chi connectivity index (χ4n) is 3.96. The van der Waals surface area contributed by atoms with Gasteiger partial charge in [0.15, 0.2) is 0 Å². The van der Waals surface area contributed by atoms with E-state index in [2.05, 4.69) is 11.9 Å². The summed E-state index contributed by atoms with van der Waals surface area (Å²) in [5.74, 6) is -1.04. The molecule has 3 aromatic carbocycles. The van der Waals surface area contributed by atoms with Crippen LogP contribution in [0.25, 0.3) is 11.0 Å². The van der Waals surface area contributed by atoms with E-state index >= 15 is 0 Å². The summed E-state index contributed by atoms with van der Waals surface area (Å²) in [6.07, 6.45) is 3.80. The van der Waals surface area contributed by atoms with Gasteiger partial charge in [-0.1, -0.05) is 54.1 Å². The molecule has 0 radical (unpaired) electrons. The quantitative estimate of drug-likeness (QED) is 0.287. The zero-order valence-corrected chi connectivity index (χ0v) is 20.5. The van der Waals surface area contributed by atoms with Gasteiger partial charge >= 0.3 is 5.97 Å². The van der Waals surface area contributed by atoms with Gasteiger partial charge in [0.1, 0.15) is 0 Å². The number of fused-ring (bicyclic) bond motifs is 1. The summed E-state index contributed by atoms with van der Waals surface area (Å²) in [5.41, 5.74) is 6.38. The maximum Gasteiger partial charge on any atom is 0.307 e. The smallest absolute Gasteiger partial charge is 0.307 e. The van der Waals surface area contributed by atoms with Gasteiger partial charge in [-0.3, -0.25) is 9.59 Å². The third kappa shape index (κ3) is 6.55. The third-order valence-electron chi connectivity index (χ3n) is 5.79. The van der Waals surface area contributed by atoms with Gasteiger partial charge < -0.3 is 10.4 Å². The second-order valence-electron chi connectivity index (χ2n) is 8.51. The summed E-state index contributed by atoms with van der Waals surface area (Å²) in [4.78, 5) is 33.3. The van der Waals surface area contributed by atoms with Crippen molar-refractivity contribution >= 4 is 34.5 Å². The maximum atomic E-state index is 12.8. The molecule has 0 spiro atoms. The Morgan fingerprint density at radius 3 is 2.36 bits per heavy atom. The van der Waals surface area contributed by atoms with Crippen LogP contribution in [0.4, 0.5) is 0 Å². The van der Waals surface area contributed by atoms with Crippen LogP contribution in [0.15, 0.2) is 79.4 Å². The summed E-state index contributed by atoms with van der Waals surface area (Å²) >= 11 is 6.03. The van der Waals surface area contributed by atoms with Crippen molar-refractivity contribution in [3.05, 3.63) is 118 Å². The normalized spacial score (nSPS) is 10.8. The maximum absolute atomic E-state index is 12.8. The minimum atomic E-state index is -0.847. The number of carboxylic acids is 1. The number of carboxylic acid groups (broad SMARTS) is 1. The highest BCUT2D eigenvalue weighted by Gasteiger charge is 2.12. The Morgan fingerprint density at radius 2 is 1.64 bits per heavy atom. The van der Waals surface area contributed by atoms with Gasteiger partial charge in [0, 0.05) is 23.6 Å². The molecule has 4 rings (SSSR count). The molecule has 4 aromatic rings. The molecule has 0 bridgehead atoms. The van der Waals surface area contributed by atoms with E-state index in [0.29, 0.717) is 35.5 Å². The van der Waals surface area contributed by atoms with E-state index in [1.54, 1.807) is 24.3 Å². The molecular weight excluding hydrogens is 474 g/mol. The summed E-state index contributed by atoms with van der Waals surface area (Å²) in [5, 5.41) is 12.5. The molecule has 2 N–H and O–H groups in total. The molecule has 0 aliphatic carbocycles. The van der Waals surface area contributed by atoms with Gasteiger partial charge in [-0.2, -0.15) is 0 Å². The minimum absolute atomic E-state index is 0.00885. The number of carbonyl (C=O) groups is 2. The Labute approximate surface area is 214 Å². The van der Waals surface area contributed by atoms with Crippen LogP contribution in [-0.2, 0) is 37.0 Å². The predicted molar refractivity (Wildman–Crippen MR) is 141 cm³/mol. The lowest BCUT2D eigenvalue weighted by Gasteiger charge is -2.11. The average molecular weight is 500 g/mol. The van der Waals surface area contributed by atoms with Crippen LogP contribution in [0.5, 0.6) is 0 Å². The van der Waals surface area contributed by atoms with E-state index in [9.17, 15) is 9.59 Å². The SMILES string of the molecule is C=CCc1nc2ccc(C(=O)NCc3cccc(Cl)c3)cc2nc1CCc1ccc(CC(=O)O)cc1. The zero-order valence-electron chi connectivity index (χ0n) is 19.7. The largest absolute Gasteiger partial charge is 0.481 e. The number of amides is 1. The molecule has 0 aliphatic rings. The van der Waals surface area contributed by atoms with Gasteiger partial charge in [-0.15, -0.1) is 6.58 Å². The fourth-order valence-corrected chi connectivity index (χ4v) is 4.17. The number of aryl methyl sites for hydroxylation is 2. The molecule has 0 fully saturated rings. The lowest BCUT2D eigenvalue weighted by Crippen LogP contribution is -2.22. The van der Waals surface area contributed by atoms with Crippen molar-refractivity contribution in [3.8, 4) is 0 Å². The number of carbonyl (C=O) groups excluding carboxylic acids is 1. The van der Waals surface area contributed by atoms with Crippen molar-refractivity contribution in [2.45, 2.75) is 32.2 Å². The lowest BCUT2D eigenvalue weighted by molar-refractivity contribution is -0.136. The summed E-state index contributed by atoms with van der Waals surface area (Å²) in [7, 11) is 0. The second kappa shape index (κ2) is 11.6. The Morgan fingerprint density at radius 1 is 0.889 bits per heavy atom. The average Bonchev–Trinajstić information content (AvgIpc) is 2.86. The van der Waals surface area contributed by atoms with E-state index in [0.717, 1.165) is 40.0 Å². The van der Waals surface area contributed by atoms with Gasteiger partial charge in [-0.25, -0.2) is 9.97 Å². The first-order valence-electron chi connectivity index (χ1n) is 11.6. The van der Waals surface area contributed by atoms with Crippen LogP contribution >= 0.6 is 11.6 Å². The molecule has 0 saturated carbocycles. The second-order valence-corrected chi connectivity index (χ2v) is 8.95. The summed E-state index contributed by atoms with van der Waals surface area (Å²) in [6.45, 7) is 4.21. The summed E-state index contributed by atoms with van der Waals surface area (Å²) < 4.78 is 0. The van der Waals surface area contributed by atoms with Crippen molar-refractivity contribution in [1.82, 2.24) is 15.3 Å². The van der Waals surface area contributed by atoms with E-state index in [1.807, 2.05) is 48.5 Å². The Hall–Kier alpha value is -4.03. The number of aromatic nitrogens is 2. The summed E-state index contributed by atoms with van der Waals surface area (Å²) in [6, 6.07) is 20.3. The van der Waals surface area contributed by atoms with Crippen molar-refractivity contribution in [3.63, 3.8) is 0 Å². The number of rotatable bonds is 10. The van der Waals surface area contributed by atoms with Gasteiger partial charge in [0.05, 0.1) is 28.8 Å². The highest BCUT2D eigenvalue weighted by atomic mass is 35.5. The number of nitrogens with zero attached hydrogens (tertiary/aromatic N) is 2. The highest BCUT2D eigenvalue weighted by Crippen LogP contribution is 2.19. The fraction of sp³-hybridized carbons (Fsp3) is 0.172. The molecule has 1 heterocycles. The zero-order chi connectivity index (χ0) is 25.5. The molecule has 182 valence electrons. The molecule has 0 aliphatic heterocycles. The standard InChI is InChI=1S/C29H26ClN3O3/c1-2-4-24-25(13-11-19-7-9-20(10-8-19)16-28(34)35)33-27-17-22(12-14-26(27)32-24)29(36)31-18-21-5-3-6-23(30)15-21/h2-3,5-10,12,14-15,17H,1,4,11,13,16,18H2,(H,31,36)(H,34,35). The van der Waals surface area contributed by atoms with Gasteiger partial charge in [0.2, 0.25) is 0 Å². The monoisotopic (exact) mass is 499 g/mol. The number of hydrogen-bond donors (Lipinski definition) is 2. The molecule has 36 heavy (non-hydrogen) atoms. The van der Waals surface area contributed by atoms with Crippen LogP contribution in [0.2, 0.25) is 5.02 Å². The van der Waals surface area contributed by atoms with Crippen LogP contribution in [0, 0.1) is 0 Å². The number of hydrogen-bond acceptors (Lipinski definition) is 4. The molecule has 1 amide bonds. The van der Waals surface area contributed by atoms with Crippen LogP contribution < -0.4 is 5.32 Å². The number of aliphatic carboxylic acids is 1. The molecule has 1 aromatic heterocycles. The van der Waals surface area contributed by atoms with Crippen LogP contribution in [-0.4, -0.2) is 27.0 Å². The van der Waals surface area contributed by atoms with Crippen LogP contribution in [0.3, 0.4) is 0 Å². The first-order chi connectivity index (χ1) is 17.4. The van der Waals surface area contributed by atoms with Gasteiger partial charge in [0.25, 0.3) is 5.91 Å². The molecule has 6 nitrogen and oxygen atoms in total. The number of benzene rings is 3. The lowest BCUT2D eigenvalue weighted by atomic mass is 10.0. The predicted octanol–water partition coefficient (Wildman–Crippen LogP) is 5.35. The Bertz CT molecular complexity index is 1420. The molecule has 0 atom stereocenters. The van der Waals surface area contributed by atoms with Crippen molar-refractivity contribution in [1.29, 1.82) is 0 Å². The number of nitrogens with one attached hydrogen (secondary N) is 1. The topological polar surface area (TPSA) is 92.2 Å². The van der Waals surface area contributed by atoms with Crippen molar-refractivity contribution < 1.29 is 14.7 Å². The Balaban J connectivity index is 1.51. The first kappa shape index (κ1) is 25.1. The minimum Gasteiger partial charge on any atom is -0.481 e. The van der Waals surface area contributed by atoms with E-state index in [4.69, 9.17) is 26.7 Å². The van der Waals surface area contributed by atoms with E-state index in [1.165, 1.54) is 0 Å². The van der Waals surface area contributed by atoms with Gasteiger partial charge in [-0.05, 0) is 59.9 Å². The molecular formula is C29H26ClN3O3. The first-order valence-corrected chi connectivity index (χ1v) is 12.0. The van der Waals surface area contributed by atoms with E-state index in [-0.39, 0.29) is 12.3 Å².